The number of ether oxygens (including phenoxy) is 2. The van der Waals surface area contributed by atoms with Gasteiger partial charge in [0.05, 0.1) is 6.61 Å². The number of carbonyl (C=O) groups excluding carboxylic acids is 1. The molecule has 0 bridgehead atoms. The van der Waals surface area contributed by atoms with Crippen LogP contribution in [0.15, 0.2) is 0 Å². The standard InChI is InChI=1S/C9H14Cl3NO7/c10-9(11,12)2-19-8(18)13-4-6(16)5(15)3(1-14)20-7(4)17/h3-7,14-17H,1-2H2,(H,13,18)/t3?,4?,5-,6-,7-/m1/s1. The van der Waals surface area contributed by atoms with Crippen LogP contribution < -0.4 is 5.32 Å². The summed E-state index contributed by atoms with van der Waals surface area (Å²) in [5.41, 5.74) is 0. The van der Waals surface area contributed by atoms with Crippen molar-refractivity contribution in [2.24, 2.45) is 0 Å². The summed E-state index contributed by atoms with van der Waals surface area (Å²) in [4.78, 5) is 11.4. The Bertz CT molecular complexity index is 340. The van der Waals surface area contributed by atoms with Crippen LogP contribution in [0.5, 0.6) is 0 Å². The first kappa shape index (κ1) is 18.0. The molecule has 8 nitrogen and oxygen atoms in total. The molecule has 1 saturated heterocycles. The zero-order valence-electron chi connectivity index (χ0n) is 9.95. The topological polar surface area (TPSA) is 128 Å². The Kier molecular flexibility index (Phi) is 6.55. The van der Waals surface area contributed by atoms with Crippen molar-refractivity contribution in [3.8, 4) is 0 Å². The highest BCUT2D eigenvalue weighted by Gasteiger charge is 2.44. The van der Waals surface area contributed by atoms with Gasteiger partial charge in [0.15, 0.2) is 6.29 Å². The van der Waals surface area contributed by atoms with E-state index in [-0.39, 0.29) is 0 Å². The largest absolute Gasteiger partial charge is 0.445 e. The van der Waals surface area contributed by atoms with Crippen molar-refractivity contribution >= 4 is 40.9 Å². The fourth-order valence-corrected chi connectivity index (χ4v) is 1.74. The van der Waals surface area contributed by atoms with Crippen molar-refractivity contribution in [3.05, 3.63) is 0 Å². The van der Waals surface area contributed by atoms with Gasteiger partial charge in [-0.05, 0) is 0 Å². The van der Waals surface area contributed by atoms with Gasteiger partial charge >= 0.3 is 6.09 Å². The van der Waals surface area contributed by atoms with Gasteiger partial charge in [-0.15, -0.1) is 0 Å². The molecule has 1 amide bonds. The minimum Gasteiger partial charge on any atom is -0.445 e. The van der Waals surface area contributed by atoms with Crippen LogP contribution in [0, 0.1) is 0 Å². The van der Waals surface area contributed by atoms with E-state index in [4.69, 9.17) is 44.6 Å². The van der Waals surface area contributed by atoms with Crippen molar-refractivity contribution < 1.29 is 34.7 Å². The molecule has 1 heterocycles. The number of hydrogen-bond donors (Lipinski definition) is 5. The highest BCUT2D eigenvalue weighted by molar-refractivity contribution is 6.67. The van der Waals surface area contributed by atoms with Crippen LogP contribution in [0.2, 0.25) is 0 Å². The lowest BCUT2D eigenvalue weighted by Gasteiger charge is -2.40. The van der Waals surface area contributed by atoms with Crippen LogP contribution in [0.25, 0.3) is 0 Å². The van der Waals surface area contributed by atoms with Gasteiger partial charge in [-0.1, -0.05) is 34.8 Å². The highest BCUT2D eigenvalue weighted by Crippen LogP contribution is 2.26. The van der Waals surface area contributed by atoms with E-state index in [1.165, 1.54) is 0 Å². The summed E-state index contributed by atoms with van der Waals surface area (Å²) in [7, 11) is 0. The summed E-state index contributed by atoms with van der Waals surface area (Å²) >= 11 is 16.1. The minimum absolute atomic E-state index is 0.551. The van der Waals surface area contributed by atoms with Gasteiger partial charge in [0.2, 0.25) is 3.79 Å². The normalized spacial score (nSPS) is 34.6. The Balaban J connectivity index is 2.56. The fraction of sp³-hybridized carbons (Fsp3) is 0.889. The van der Waals surface area contributed by atoms with Crippen LogP contribution >= 0.6 is 34.8 Å². The average Bonchev–Trinajstić information content (AvgIpc) is 2.35. The maximum Gasteiger partial charge on any atom is 0.407 e. The van der Waals surface area contributed by atoms with Crippen LogP contribution in [-0.4, -0.2) is 74.2 Å². The predicted molar refractivity (Wildman–Crippen MR) is 68.5 cm³/mol. The lowest BCUT2D eigenvalue weighted by molar-refractivity contribution is -0.253. The summed E-state index contributed by atoms with van der Waals surface area (Å²) in [6.07, 6.45) is -6.98. The number of carbonyl (C=O) groups is 1. The monoisotopic (exact) mass is 353 g/mol. The highest BCUT2D eigenvalue weighted by atomic mass is 35.6. The number of aliphatic hydroxyl groups excluding tert-OH is 4. The number of hydrogen-bond acceptors (Lipinski definition) is 7. The van der Waals surface area contributed by atoms with Crippen molar-refractivity contribution in [2.45, 2.75) is 34.4 Å². The molecule has 0 saturated carbocycles. The summed E-state index contributed by atoms with van der Waals surface area (Å²) < 4.78 is 7.56. The molecule has 0 spiro atoms. The van der Waals surface area contributed by atoms with Gasteiger partial charge in [-0.25, -0.2) is 4.79 Å². The molecule has 0 aromatic heterocycles. The van der Waals surface area contributed by atoms with Gasteiger partial charge < -0.3 is 35.2 Å². The number of halogens is 3. The van der Waals surface area contributed by atoms with E-state index >= 15 is 0 Å². The van der Waals surface area contributed by atoms with E-state index in [9.17, 15) is 20.1 Å². The Morgan fingerprint density at radius 1 is 1.25 bits per heavy atom. The molecule has 5 N–H and O–H groups in total. The van der Waals surface area contributed by atoms with E-state index in [2.05, 4.69) is 10.1 Å². The zero-order valence-corrected chi connectivity index (χ0v) is 12.2. The van der Waals surface area contributed by atoms with Gasteiger partial charge in [-0.3, -0.25) is 0 Å². The molecule has 5 atom stereocenters. The zero-order chi connectivity index (χ0) is 15.5. The molecule has 2 unspecified atom stereocenters. The van der Waals surface area contributed by atoms with E-state index in [0.29, 0.717) is 0 Å². The third kappa shape index (κ3) is 5.05. The minimum atomic E-state index is -1.81. The molecule has 1 aliphatic rings. The number of amides is 1. The van der Waals surface area contributed by atoms with Crippen molar-refractivity contribution in [2.75, 3.05) is 13.2 Å². The number of rotatable bonds is 3. The Morgan fingerprint density at radius 3 is 2.35 bits per heavy atom. The second-order valence-electron chi connectivity index (χ2n) is 4.09. The van der Waals surface area contributed by atoms with Crippen LogP contribution in [-0.2, 0) is 9.47 Å². The lowest BCUT2D eigenvalue weighted by Crippen LogP contribution is -2.64. The van der Waals surface area contributed by atoms with E-state index < -0.39 is 53.7 Å². The van der Waals surface area contributed by atoms with Crippen molar-refractivity contribution in [1.29, 1.82) is 0 Å². The first-order valence-corrected chi connectivity index (χ1v) is 6.59. The van der Waals surface area contributed by atoms with Crippen molar-refractivity contribution in [3.63, 3.8) is 0 Å². The van der Waals surface area contributed by atoms with Crippen LogP contribution in [0.1, 0.15) is 0 Å². The summed E-state index contributed by atoms with van der Waals surface area (Å²) in [6, 6.07) is -1.37. The summed E-state index contributed by atoms with van der Waals surface area (Å²) in [5.74, 6) is 0. The van der Waals surface area contributed by atoms with Gasteiger partial charge in [-0.2, -0.15) is 0 Å². The fourth-order valence-electron chi connectivity index (χ4n) is 1.58. The smallest absolute Gasteiger partial charge is 0.407 e. The summed E-state index contributed by atoms with van der Waals surface area (Å²) in [5, 5.41) is 39.9. The van der Waals surface area contributed by atoms with Crippen LogP contribution in [0.3, 0.4) is 0 Å². The Hall–Kier alpha value is -0.0600. The molecule has 11 heteroatoms. The van der Waals surface area contributed by atoms with E-state index in [0.717, 1.165) is 0 Å². The maximum atomic E-state index is 11.4. The van der Waals surface area contributed by atoms with Gasteiger partial charge in [0.25, 0.3) is 0 Å². The quantitative estimate of drug-likeness (QED) is 0.406. The molecule has 0 aliphatic carbocycles. The number of aliphatic hydroxyl groups is 4. The third-order valence-electron chi connectivity index (χ3n) is 2.55. The SMILES string of the molecule is O=C(NC1[C@H](O)OC(CO)[C@@H](O)[C@@H]1O)OCC(Cl)(Cl)Cl. The van der Waals surface area contributed by atoms with Crippen LogP contribution in [0.4, 0.5) is 4.79 Å². The molecular formula is C9H14Cl3NO7. The molecule has 0 aromatic rings. The first-order chi connectivity index (χ1) is 9.15. The lowest BCUT2D eigenvalue weighted by atomic mass is 9.97. The third-order valence-corrected chi connectivity index (χ3v) is 2.88. The number of alkyl carbamates (subject to hydrolysis) is 1. The second-order valence-corrected chi connectivity index (χ2v) is 6.61. The van der Waals surface area contributed by atoms with E-state index in [1.807, 2.05) is 0 Å². The van der Waals surface area contributed by atoms with Gasteiger partial charge in [0, 0.05) is 0 Å². The van der Waals surface area contributed by atoms with Crippen molar-refractivity contribution in [1.82, 2.24) is 5.32 Å². The predicted octanol–water partition coefficient (Wildman–Crippen LogP) is -1.12. The molecule has 118 valence electrons. The van der Waals surface area contributed by atoms with Gasteiger partial charge in [0.1, 0.15) is 31.0 Å². The number of alkyl halides is 3. The number of nitrogens with one attached hydrogen (secondary N) is 1. The maximum absolute atomic E-state index is 11.4. The molecular weight excluding hydrogens is 340 g/mol. The molecule has 0 radical (unpaired) electrons. The molecule has 1 rings (SSSR count). The second kappa shape index (κ2) is 7.28. The average molecular weight is 355 g/mol. The molecule has 20 heavy (non-hydrogen) atoms. The molecule has 1 fully saturated rings. The first-order valence-electron chi connectivity index (χ1n) is 5.46. The molecule has 1 aliphatic heterocycles. The molecule has 0 aromatic carbocycles. The Labute approximate surface area is 129 Å². The summed E-state index contributed by atoms with van der Waals surface area (Å²) in [6.45, 7) is -1.16. The Morgan fingerprint density at radius 2 is 1.85 bits per heavy atom. The van der Waals surface area contributed by atoms with E-state index in [1.54, 1.807) is 0 Å².